The normalized spacial score (nSPS) is 12.7. The molecule has 3 nitrogen and oxygen atoms in total. The molecule has 134 valence electrons. The third kappa shape index (κ3) is 3.97. The van der Waals surface area contributed by atoms with E-state index in [1.807, 2.05) is 30.3 Å². The van der Waals surface area contributed by atoms with Crippen molar-refractivity contribution in [2.75, 3.05) is 0 Å². The van der Waals surface area contributed by atoms with E-state index in [0.717, 1.165) is 11.1 Å². The monoisotopic (exact) mass is 366 g/mol. The maximum absolute atomic E-state index is 12.7. The first-order valence-corrected chi connectivity index (χ1v) is 10.0. The lowest BCUT2D eigenvalue weighted by atomic mass is 9.82. The van der Waals surface area contributed by atoms with Crippen LogP contribution in [-0.2, 0) is 10.1 Å². The third-order valence-corrected chi connectivity index (χ3v) is 5.56. The zero-order valence-electron chi connectivity index (χ0n) is 14.9. The van der Waals surface area contributed by atoms with Crippen LogP contribution in [-0.4, -0.2) is 8.42 Å². The molecule has 0 fully saturated rings. The summed E-state index contributed by atoms with van der Waals surface area (Å²) < 4.78 is 30.9. The Morgan fingerprint density at radius 2 is 1.27 bits per heavy atom. The van der Waals surface area contributed by atoms with Crippen LogP contribution in [0.5, 0.6) is 5.75 Å². The van der Waals surface area contributed by atoms with E-state index in [1.54, 1.807) is 30.3 Å². The van der Waals surface area contributed by atoms with E-state index in [2.05, 4.69) is 26.0 Å². The van der Waals surface area contributed by atoms with Crippen LogP contribution >= 0.6 is 0 Å². The summed E-state index contributed by atoms with van der Waals surface area (Å²) in [7, 11) is -3.88. The molecule has 1 unspecified atom stereocenters. The molecule has 0 aliphatic rings. The molecule has 0 aliphatic heterocycles. The van der Waals surface area contributed by atoms with E-state index in [9.17, 15) is 8.42 Å². The second-order valence-electron chi connectivity index (χ2n) is 6.52. The lowest BCUT2D eigenvalue weighted by molar-refractivity contribution is 0.473. The first-order chi connectivity index (χ1) is 12.5. The second kappa shape index (κ2) is 7.75. The minimum Gasteiger partial charge on any atom is -0.379 e. The first kappa shape index (κ1) is 18.2. The molecule has 0 heterocycles. The Kier molecular flexibility index (Phi) is 5.43. The summed E-state index contributed by atoms with van der Waals surface area (Å²) in [6.45, 7) is 4.25. The lowest BCUT2D eigenvalue weighted by Crippen LogP contribution is -2.14. The molecule has 0 saturated heterocycles. The minimum atomic E-state index is -3.88. The van der Waals surface area contributed by atoms with Crippen LogP contribution in [0.2, 0.25) is 0 Å². The Labute approximate surface area is 155 Å². The van der Waals surface area contributed by atoms with Crippen molar-refractivity contribution in [3.63, 3.8) is 0 Å². The molecule has 0 spiro atoms. The van der Waals surface area contributed by atoms with Gasteiger partial charge in [-0.2, -0.15) is 8.42 Å². The Morgan fingerprint density at radius 1 is 0.731 bits per heavy atom. The minimum absolute atomic E-state index is 0.0402. The summed E-state index contributed by atoms with van der Waals surface area (Å²) in [6, 6.07) is 25.7. The highest BCUT2D eigenvalue weighted by molar-refractivity contribution is 7.87. The van der Waals surface area contributed by atoms with Gasteiger partial charge in [-0.05, 0) is 29.7 Å². The van der Waals surface area contributed by atoms with Crippen molar-refractivity contribution >= 4 is 10.1 Å². The molecule has 0 N–H and O–H groups in total. The fraction of sp³-hybridized carbons (Fsp3) is 0.182. The van der Waals surface area contributed by atoms with Crippen LogP contribution in [0.3, 0.4) is 0 Å². The maximum atomic E-state index is 12.7. The Hall–Kier alpha value is -2.59. The standard InChI is InChI=1S/C22H22O3S/c1-17(2)22(18-11-5-3-6-12-18)20-15-9-10-16-21(20)25-26(23,24)19-13-7-4-8-14-19/h3-17,22H,1-2H3. The van der Waals surface area contributed by atoms with Gasteiger partial charge in [0.15, 0.2) is 0 Å². The van der Waals surface area contributed by atoms with Crippen LogP contribution in [0.15, 0.2) is 89.8 Å². The zero-order chi connectivity index (χ0) is 18.6. The largest absolute Gasteiger partial charge is 0.379 e. The van der Waals surface area contributed by atoms with Gasteiger partial charge in [0, 0.05) is 11.5 Å². The fourth-order valence-electron chi connectivity index (χ4n) is 3.15. The summed E-state index contributed by atoms with van der Waals surface area (Å²) in [6.07, 6.45) is 0. The van der Waals surface area contributed by atoms with Gasteiger partial charge < -0.3 is 4.18 Å². The SMILES string of the molecule is CC(C)C(c1ccccc1)c1ccccc1OS(=O)(=O)c1ccccc1. The Morgan fingerprint density at radius 3 is 1.88 bits per heavy atom. The van der Waals surface area contributed by atoms with Crippen molar-refractivity contribution in [3.8, 4) is 5.75 Å². The zero-order valence-corrected chi connectivity index (χ0v) is 15.7. The van der Waals surface area contributed by atoms with Crippen LogP contribution in [0.25, 0.3) is 0 Å². The number of hydrogen-bond acceptors (Lipinski definition) is 3. The van der Waals surface area contributed by atoms with Gasteiger partial charge in [-0.3, -0.25) is 0 Å². The van der Waals surface area contributed by atoms with Crippen molar-refractivity contribution in [3.05, 3.63) is 96.1 Å². The highest BCUT2D eigenvalue weighted by Gasteiger charge is 2.24. The summed E-state index contributed by atoms with van der Waals surface area (Å²) >= 11 is 0. The van der Waals surface area contributed by atoms with Gasteiger partial charge in [-0.1, -0.05) is 80.6 Å². The highest BCUT2D eigenvalue weighted by atomic mass is 32.2. The van der Waals surface area contributed by atoms with Gasteiger partial charge in [-0.25, -0.2) is 0 Å². The number of rotatable bonds is 6. The van der Waals surface area contributed by atoms with Gasteiger partial charge in [-0.15, -0.1) is 0 Å². The summed E-state index contributed by atoms with van der Waals surface area (Å²) in [5.41, 5.74) is 2.00. The molecule has 0 aromatic heterocycles. The second-order valence-corrected chi connectivity index (χ2v) is 8.07. The Bertz CT molecular complexity index is 949. The van der Waals surface area contributed by atoms with Crippen molar-refractivity contribution < 1.29 is 12.6 Å². The van der Waals surface area contributed by atoms with Crippen LogP contribution in [0.4, 0.5) is 0 Å². The van der Waals surface area contributed by atoms with Gasteiger partial charge in [0.2, 0.25) is 0 Å². The van der Waals surface area contributed by atoms with E-state index in [-0.39, 0.29) is 16.7 Å². The number of benzene rings is 3. The van der Waals surface area contributed by atoms with Crippen molar-refractivity contribution in [2.24, 2.45) is 5.92 Å². The van der Waals surface area contributed by atoms with Gasteiger partial charge in [0.1, 0.15) is 10.6 Å². The Balaban J connectivity index is 2.03. The van der Waals surface area contributed by atoms with E-state index >= 15 is 0 Å². The topological polar surface area (TPSA) is 43.4 Å². The quantitative estimate of drug-likeness (QED) is 0.560. The third-order valence-electron chi connectivity index (χ3n) is 4.31. The maximum Gasteiger partial charge on any atom is 0.339 e. The predicted molar refractivity (Wildman–Crippen MR) is 104 cm³/mol. The molecule has 0 amide bonds. The summed E-state index contributed by atoms with van der Waals surface area (Å²) in [5, 5.41) is 0. The van der Waals surface area contributed by atoms with E-state index < -0.39 is 10.1 Å². The van der Waals surface area contributed by atoms with E-state index in [0.29, 0.717) is 5.75 Å². The van der Waals surface area contributed by atoms with Crippen molar-refractivity contribution in [1.82, 2.24) is 0 Å². The van der Waals surface area contributed by atoms with Crippen LogP contribution < -0.4 is 4.18 Å². The molecule has 0 aliphatic carbocycles. The molecular formula is C22H22O3S. The van der Waals surface area contributed by atoms with Crippen LogP contribution in [0, 0.1) is 5.92 Å². The number of para-hydroxylation sites is 1. The molecule has 3 rings (SSSR count). The molecule has 0 radical (unpaired) electrons. The molecule has 0 saturated carbocycles. The molecule has 4 heteroatoms. The van der Waals surface area contributed by atoms with Crippen LogP contribution in [0.1, 0.15) is 30.9 Å². The van der Waals surface area contributed by atoms with Crippen molar-refractivity contribution in [1.29, 1.82) is 0 Å². The molecule has 3 aromatic carbocycles. The molecule has 26 heavy (non-hydrogen) atoms. The van der Waals surface area contributed by atoms with Crippen molar-refractivity contribution in [2.45, 2.75) is 24.7 Å². The van der Waals surface area contributed by atoms with Gasteiger partial charge >= 0.3 is 10.1 Å². The first-order valence-electron chi connectivity index (χ1n) is 8.62. The smallest absolute Gasteiger partial charge is 0.339 e. The fourth-order valence-corrected chi connectivity index (χ4v) is 4.13. The predicted octanol–water partition coefficient (Wildman–Crippen LogP) is 5.24. The average molecular weight is 366 g/mol. The number of hydrogen-bond donors (Lipinski definition) is 0. The highest BCUT2D eigenvalue weighted by Crippen LogP contribution is 2.38. The molecule has 1 atom stereocenters. The summed E-state index contributed by atoms with van der Waals surface area (Å²) in [5.74, 6) is 0.693. The lowest BCUT2D eigenvalue weighted by Gasteiger charge is -2.24. The summed E-state index contributed by atoms with van der Waals surface area (Å²) in [4.78, 5) is 0.149. The molecule has 3 aromatic rings. The van der Waals surface area contributed by atoms with E-state index in [1.165, 1.54) is 12.1 Å². The van der Waals surface area contributed by atoms with Gasteiger partial charge in [0.05, 0.1) is 0 Å². The van der Waals surface area contributed by atoms with Gasteiger partial charge in [0.25, 0.3) is 0 Å². The average Bonchev–Trinajstić information content (AvgIpc) is 2.64. The molecular weight excluding hydrogens is 344 g/mol. The molecule has 0 bridgehead atoms. The van der Waals surface area contributed by atoms with E-state index in [4.69, 9.17) is 4.18 Å².